The second kappa shape index (κ2) is 9.82. The van der Waals surface area contributed by atoms with Crippen LogP contribution >= 0.6 is 0 Å². The van der Waals surface area contributed by atoms with Crippen molar-refractivity contribution in [1.82, 2.24) is 15.1 Å². The third kappa shape index (κ3) is 7.12. The molecule has 3 N–H and O–H groups in total. The number of nitrogens with two attached hydrogens (primary N) is 1. The maximum atomic E-state index is 12.8. The van der Waals surface area contributed by atoms with Gasteiger partial charge in [0.05, 0.1) is 0 Å². The Morgan fingerprint density at radius 2 is 1.76 bits per heavy atom. The average Bonchev–Trinajstić information content (AvgIpc) is 2.66. The number of rotatable bonds is 7. The molecule has 7 nitrogen and oxygen atoms in total. The molecule has 1 aromatic rings. The molecule has 0 bridgehead atoms. The number of primary amides is 1. The van der Waals surface area contributed by atoms with Crippen LogP contribution in [0, 0.1) is 5.92 Å². The number of ether oxygens (including phenoxy) is 1. The molecule has 2 rings (SSSR count). The lowest BCUT2D eigenvalue weighted by atomic mass is 9.97. The van der Waals surface area contributed by atoms with E-state index in [4.69, 9.17) is 5.73 Å². The van der Waals surface area contributed by atoms with Crippen LogP contribution in [0.4, 0.5) is 18.0 Å². The molecule has 0 radical (unpaired) electrons. The van der Waals surface area contributed by atoms with Crippen molar-refractivity contribution in [2.75, 3.05) is 26.2 Å². The Kier molecular flexibility index (Phi) is 7.72. The monoisotopic (exact) mass is 416 g/mol. The quantitative estimate of drug-likeness (QED) is 0.714. The van der Waals surface area contributed by atoms with E-state index in [9.17, 15) is 22.8 Å². The number of carbonyl (C=O) groups excluding carboxylic acids is 2. The smallest absolute Gasteiger partial charge is 0.406 e. The first kappa shape index (κ1) is 22.8. The predicted molar refractivity (Wildman–Crippen MR) is 101 cm³/mol. The van der Waals surface area contributed by atoms with Gasteiger partial charge < -0.3 is 20.7 Å². The van der Waals surface area contributed by atoms with Crippen molar-refractivity contribution in [1.29, 1.82) is 0 Å². The van der Waals surface area contributed by atoms with Gasteiger partial charge in [0.1, 0.15) is 11.8 Å². The number of urea groups is 1. The Morgan fingerprint density at radius 1 is 1.17 bits per heavy atom. The van der Waals surface area contributed by atoms with Crippen molar-refractivity contribution in [3.63, 3.8) is 0 Å². The zero-order valence-electron chi connectivity index (χ0n) is 16.5. The fourth-order valence-electron chi connectivity index (χ4n) is 3.21. The lowest BCUT2D eigenvalue weighted by Gasteiger charge is -2.37. The average molecular weight is 416 g/mol. The molecule has 0 aliphatic carbocycles. The van der Waals surface area contributed by atoms with Gasteiger partial charge in [-0.05, 0) is 23.6 Å². The minimum atomic E-state index is -4.71. The molecule has 10 heteroatoms. The normalized spacial score (nSPS) is 17.5. The van der Waals surface area contributed by atoms with E-state index in [-0.39, 0.29) is 17.6 Å². The number of nitrogens with zero attached hydrogens (tertiary/aromatic N) is 2. The summed E-state index contributed by atoms with van der Waals surface area (Å²) in [4.78, 5) is 27.8. The Balaban J connectivity index is 1.88. The maximum Gasteiger partial charge on any atom is 0.573 e. The molecule has 1 aromatic carbocycles. The number of benzene rings is 1. The third-order valence-corrected chi connectivity index (χ3v) is 5.02. The van der Waals surface area contributed by atoms with Crippen molar-refractivity contribution in [3.8, 4) is 5.75 Å². The molecule has 1 saturated heterocycles. The summed E-state index contributed by atoms with van der Waals surface area (Å²) in [6.45, 7) is 6.63. The first-order valence-corrected chi connectivity index (χ1v) is 9.51. The molecule has 2 atom stereocenters. The molecule has 0 spiro atoms. The lowest BCUT2D eigenvalue weighted by Crippen LogP contribution is -2.57. The lowest BCUT2D eigenvalue weighted by molar-refractivity contribution is -0.274. The first-order chi connectivity index (χ1) is 13.6. The molecule has 1 heterocycles. The number of alkyl halides is 3. The van der Waals surface area contributed by atoms with Crippen LogP contribution in [-0.2, 0) is 11.3 Å². The summed E-state index contributed by atoms with van der Waals surface area (Å²) in [6, 6.07) is 4.39. The highest BCUT2D eigenvalue weighted by Crippen LogP contribution is 2.23. The molecule has 1 fully saturated rings. The molecule has 1 aliphatic heterocycles. The molecule has 2 unspecified atom stereocenters. The topological polar surface area (TPSA) is 87.9 Å². The second-order valence-corrected chi connectivity index (χ2v) is 7.16. The van der Waals surface area contributed by atoms with Crippen LogP contribution < -0.4 is 15.8 Å². The summed E-state index contributed by atoms with van der Waals surface area (Å²) in [5.41, 5.74) is 6.06. The fourth-order valence-corrected chi connectivity index (χ4v) is 3.21. The van der Waals surface area contributed by atoms with Gasteiger partial charge in [-0.25, -0.2) is 4.79 Å². The molecular formula is C19H27F3N4O3. The van der Waals surface area contributed by atoms with Crippen molar-refractivity contribution in [2.24, 2.45) is 11.7 Å². The Labute approximate surface area is 168 Å². The molecule has 29 heavy (non-hydrogen) atoms. The van der Waals surface area contributed by atoms with Gasteiger partial charge in [0, 0.05) is 32.7 Å². The Morgan fingerprint density at radius 3 is 2.24 bits per heavy atom. The highest BCUT2D eigenvalue weighted by atomic mass is 19.4. The highest BCUT2D eigenvalue weighted by molar-refractivity contribution is 5.87. The first-order valence-electron chi connectivity index (χ1n) is 9.51. The maximum absolute atomic E-state index is 12.8. The number of piperazine rings is 1. The van der Waals surface area contributed by atoms with E-state index < -0.39 is 18.4 Å². The summed E-state index contributed by atoms with van der Waals surface area (Å²) in [5.74, 6) is -0.438. The van der Waals surface area contributed by atoms with Gasteiger partial charge in [-0.2, -0.15) is 0 Å². The number of hydrogen-bond donors (Lipinski definition) is 2. The summed E-state index contributed by atoms with van der Waals surface area (Å²) in [6.07, 6.45) is -3.98. The molecule has 1 aliphatic rings. The molecule has 0 aromatic heterocycles. The number of hydrogen-bond acceptors (Lipinski definition) is 4. The Bertz CT molecular complexity index is 689. The van der Waals surface area contributed by atoms with Gasteiger partial charge >= 0.3 is 12.4 Å². The van der Waals surface area contributed by atoms with Gasteiger partial charge in [0.25, 0.3) is 0 Å². The number of carbonyl (C=O) groups is 2. The zero-order chi connectivity index (χ0) is 21.6. The van der Waals surface area contributed by atoms with Gasteiger partial charge in [-0.3, -0.25) is 9.69 Å². The van der Waals surface area contributed by atoms with Crippen LogP contribution in [0.1, 0.15) is 25.8 Å². The highest BCUT2D eigenvalue weighted by Gasteiger charge is 2.32. The van der Waals surface area contributed by atoms with E-state index in [2.05, 4.69) is 15.0 Å². The summed E-state index contributed by atoms with van der Waals surface area (Å²) >= 11 is 0. The van der Waals surface area contributed by atoms with Crippen LogP contribution in [0.3, 0.4) is 0 Å². The van der Waals surface area contributed by atoms with Gasteiger partial charge in [0.2, 0.25) is 5.91 Å². The fraction of sp³-hybridized carbons (Fsp3) is 0.579. The van der Waals surface area contributed by atoms with Crippen LogP contribution in [0.25, 0.3) is 0 Å². The van der Waals surface area contributed by atoms with Crippen LogP contribution in [0.2, 0.25) is 0 Å². The molecule has 0 saturated carbocycles. The van der Waals surface area contributed by atoms with E-state index in [0.717, 1.165) is 12.0 Å². The van der Waals surface area contributed by atoms with Gasteiger partial charge in [-0.15, -0.1) is 13.2 Å². The third-order valence-electron chi connectivity index (χ3n) is 5.02. The minimum Gasteiger partial charge on any atom is -0.406 e. The van der Waals surface area contributed by atoms with E-state index in [1.807, 2.05) is 13.8 Å². The van der Waals surface area contributed by atoms with Gasteiger partial charge in [0.15, 0.2) is 0 Å². The van der Waals surface area contributed by atoms with Crippen molar-refractivity contribution >= 4 is 11.9 Å². The van der Waals surface area contributed by atoms with E-state index in [1.165, 1.54) is 12.1 Å². The van der Waals surface area contributed by atoms with Crippen molar-refractivity contribution in [2.45, 2.75) is 39.2 Å². The minimum absolute atomic E-state index is 0.0366. The SMILES string of the molecule is CCC(C)C(NC(N)=O)C(=O)N1CCN(Cc2ccc(OC(F)(F)F)cc2)CC1. The van der Waals surface area contributed by atoms with E-state index in [0.29, 0.717) is 32.7 Å². The van der Waals surface area contributed by atoms with Crippen molar-refractivity contribution in [3.05, 3.63) is 29.8 Å². The Hall–Kier alpha value is -2.49. The summed E-state index contributed by atoms with van der Waals surface area (Å²) < 4.78 is 40.5. The predicted octanol–water partition coefficient (Wildman–Crippen LogP) is 2.31. The van der Waals surface area contributed by atoms with Crippen molar-refractivity contribution < 1.29 is 27.5 Å². The standard InChI is InChI=1S/C19H27F3N4O3/c1-3-13(2)16(24-18(23)28)17(27)26-10-8-25(9-11-26)12-14-4-6-15(7-5-14)29-19(20,21)22/h4-7,13,16H,3,8-12H2,1-2H3,(H3,23,24,28). The van der Waals surface area contributed by atoms with Crippen LogP contribution in [-0.4, -0.2) is 60.3 Å². The molecule has 162 valence electrons. The van der Waals surface area contributed by atoms with E-state index >= 15 is 0 Å². The molecule has 3 amide bonds. The zero-order valence-corrected chi connectivity index (χ0v) is 16.5. The number of amides is 3. The summed E-state index contributed by atoms with van der Waals surface area (Å²) in [5, 5.41) is 2.54. The number of nitrogens with one attached hydrogen (secondary N) is 1. The van der Waals surface area contributed by atoms with Crippen LogP contribution in [0.15, 0.2) is 24.3 Å². The van der Waals surface area contributed by atoms with Crippen LogP contribution in [0.5, 0.6) is 5.75 Å². The number of halogens is 3. The largest absolute Gasteiger partial charge is 0.573 e. The molecular weight excluding hydrogens is 389 g/mol. The van der Waals surface area contributed by atoms with E-state index in [1.54, 1.807) is 17.0 Å². The summed E-state index contributed by atoms with van der Waals surface area (Å²) in [7, 11) is 0. The van der Waals surface area contributed by atoms with Gasteiger partial charge in [-0.1, -0.05) is 32.4 Å². The second-order valence-electron chi connectivity index (χ2n) is 7.16.